The van der Waals surface area contributed by atoms with Gasteiger partial charge < -0.3 is 9.47 Å². The van der Waals surface area contributed by atoms with E-state index in [1.165, 1.54) is 7.11 Å². The molecule has 1 aromatic heterocycles. The summed E-state index contributed by atoms with van der Waals surface area (Å²) < 4.78 is 41.9. The highest BCUT2D eigenvalue weighted by atomic mass is 35.5. The van der Waals surface area contributed by atoms with E-state index in [9.17, 15) is 18.0 Å². The van der Waals surface area contributed by atoms with Gasteiger partial charge in [0.2, 0.25) is 0 Å². The Kier molecular flexibility index (Phi) is 7.46. The summed E-state index contributed by atoms with van der Waals surface area (Å²) >= 11 is 13.3. The van der Waals surface area contributed by atoms with Gasteiger partial charge in [0, 0.05) is 53.6 Å². The van der Waals surface area contributed by atoms with E-state index in [0.717, 1.165) is 42.5 Å². The lowest BCUT2D eigenvalue weighted by Gasteiger charge is -2.59. The van der Waals surface area contributed by atoms with Crippen LogP contribution in [0, 0.1) is 18.3 Å². The van der Waals surface area contributed by atoms with Gasteiger partial charge in [-0.15, -0.1) is 0 Å². The molecule has 1 unspecified atom stereocenters. The van der Waals surface area contributed by atoms with Crippen molar-refractivity contribution in [1.82, 2.24) is 9.47 Å². The Hall–Kier alpha value is -2.26. The van der Waals surface area contributed by atoms with Crippen LogP contribution in [0.3, 0.4) is 0 Å². The van der Waals surface area contributed by atoms with Crippen LogP contribution in [0.4, 0.5) is 13.2 Å². The summed E-state index contributed by atoms with van der Waals surface area (Å²) in [4.78, 5) is 25.1. The summed E-state index contributed by atoms with van der Waals surface area (Å²) in [5, 5.41) is 1.42. The van der Waals surface area contributed by atoms with Gasteiger partial charge in [0.05, 0.1) is 29.4 Å². The number of carbonyl (C=O) groups is 1. The van der Waals surface area contributed by atoms with E-state index < -0.39 is 11.7 Å². The third-order valence-electron chi connectivity index (χ3n) is 8.28. The maximum Gasteiger partial charge on any atom is 0.416 e. The van der Waals surface area contributed by atoms with Gasteiger partial charge in [0.25, 0.3) is 5.91 Å². The molecule has 3 aromatic rings. The minimum Gasteiger partial charge on any atom is -0.347 e. The largest absolute Gasteiger partial charge is 0.416 e. The molecular weight excluding hydrogens is 552 g/mol. The molecule has 1 aliphatic carbocycles. The number of halogens is 5. The summed E-state index contributed by atoms with van der Waals surface area (Å²) in [5.41, 5.74) is 2.21. The summed E-state index contributed by atoms with van der Waals surface area (Å²) in [6.07, 6.45) is -1.07. The second-order valence-electron chi connectivity index (χ2n) is 11.2. The number of likely N-dealkylation sites (tertiary alicyclic amines) is 1. The zero-order valence-corrected chi connectivity index (χ0v) is 23.8. The lowest BCUT2D eigenvalue weighted by Crippen LogP contribution is -2.63. The van der Waals surface area contributed by atoms with Gasteiger partial charge in [-0.2, -0.15) is 13.2 Å². The molecule has 39 heavy (non-hydrogen) atoms. The van der Waals surface area contributed by atoms with Crippen molar-refractivity contribution in [3.63, 3.8) is 0 Å². The standard InChI is InChI=1S/C29H31Cl2F3N2O3/c1-16-7-19(29(32,33)34)9-25-22(16)10-20(35(25)3)11-23-24(30)6-5-21(26(23)31)27(37)36-14-28(15-36)12-18(13-28)8-17(2)39-38-4/h5-7,9-10,17-18H,8,11-15H2,1-4H3. The monoisotopic (exact) mass is 582 g/mol. The van der Waals surface area contributed by atoms with Crippen LogP contribution in [0.5, 0.6) is 0 Å². The number of aromatic nitrogens is 1. The van der Waals surface area contributed by atoms with E-state index in [0.29, 0.717) is 46.2 Å². The fourth-order valence-electron chi connectivity index (χ4n) is 6.44. The third kappa shape index (κ3) is 5.29. The van der Waals surface area contributed by atoms with Crippen LogP contribution in [0.15, 0.2) is 30.3 Å². The Morgan fingerprint density at radius 2 is 1.87 bits per heavy atom. The first-order valence-corrected chi connectivity index (χ1v) is 13.7. The molecule has 0 radical (unpaired) electrons. The van der Waals surface area contributed by atoms with Crippen molar-refractivity contribution in [3.05, 3.63) is 68.3 Å². The Morgan fingerprint density at radius 1 is 1.18 bits per heavy atom. The zero-order valence-electron chi connectivity index (χ0n) is 22.3. The molecule has 5 rings (SSSR count). The molecule has 210 valence electrons. The lowest BCUT2D eigenvalue weighted by molar-refractivity contribution is -0.305. The van der Waals surface area contributed by atoms with E-state index in [-0.39, 0.29) is 28.9 Å². The normalized spacial score (nSPS) is 17.9. The molecule has 2 heterocycles. The van der Waals surface area contributed by atoms with Gasteiger partial charge in [0.15, 0.2) is 0 Å². The van der Waals surface area contributed by atoms with Crippen LogP contribution in [-0.4, -0.2) is 41.7 Å². The SMILES string of the molecule is COOC(C)CC1CC2(C1)CN(C(=O)c1ccc(Cl)c(Cc3cc4c(C)cc(C(F)(F)F)cc4n3C)c1Cl)C2. The first-order valence-electron chi connectivity index (χ1n) is 12.9. The second-order valence-corrected chi connectivity index (χ2v) is 12.0. The van der Waals surface area contributed by atoms with E-state index in [2.05, 4.69) is 0 Å². The predicted molar refractivity (Wildman–Crippen MR) is 145 cm³/mol. The number of aryl methyl sites for hydroxylation is 2. The molecule has 1 aliphatic heterocycles. The number of benzene rings is 2. The van der Waals surface area contributed by atoms with Crippen molar-refractivity contribution in [2.24, 2.45) is 18.4 Å². The van der Waals surface area contributed by atoms with Gasteiger partial charge in [-0.1, -0.05) is 23.2 Å². The van der Waals surface area contributed by atoms with Crippen molar-refractivity contribution in [2.75, 3.05) is 20.2 Å². The van der Waals surface area contributed by atoms with E-state index >= 15 is 0 Å². The minimum atomic E-state index is -4.43. The predicted octanol–water partition coefficient (Wildman–Crippen LogP) is 7.61. The van der Waals surface area contributed by atoms with Crippen LogP contribution in [-0.2, 0) is 29.4 Å². The minimum absolute atomic E-state index is 0.0406. The molecule has 1 atom stereocenters. The van der Waals surface area contributed by atoms with E-state index in [1.54, 1.807) is 30.7 Å². The fourth-order valence-corrected chi connectivity index (χ4v) is 7.03. The summed E-state index contributed by atoms with van der Waals surface area (Å²) in [6.45, 7) is 5.04. The Morgan fingerprint density at radius 3 is 2.51 bits per heavy atom. The number of amides is 1. The van der Waals surface area contributed by atoms with Gasteiger partial charge in [-0.25, -0.2) is 9.78 Å². The number of hydrogen-bond acceptors (Lipinski definition) is 3. The molecular formula is C29H31Cl2F3N2O3. The first-order chi connectivity index (χ1) is 18.3. The number of nitrogens with zero attached hydrogens (tertiary/aromatic N) is 2. The van der Waals surface area contributed by atoms with Gasteiger partial charge in [-0.05, 0) is 80.5 Å². The van der Waals surface area contributed by atoms with Crippen molar-refractivity contribution in [3.8, 4) is 0 Å². The number of alkyl halides is 3. The summed E-state index contributed by atoms with van der Waals surface area (Å²) in [5.74, 6) is 0.431. The Bertz CT molecular complexity index is 1420. The first kappa shape index (κ1) is 28.3. The second kappa shape index (κ2) is 10.3. The van der Waals surface area contributed by atoms with Gasteiger partial charge in [-0.3, -0.25) is 4.79 Å². The molecule has 10 heteroatoms. The molecule has 2 aliphatic rings. The molecule has 2 aromatic carbocycles. The van der Waals surface area contributed by atoms with Crippen molar-refractivity contribution in [1.29, 1.82) is 0 Å². The third-order valence-corrected chi connectivity index (χ3v) is 9.06. The van der Waals surface area contributed by atoms with Gasteiger partial charge >= 0.3 is 6.18 Å². The zero-order chi connectivity index (χ0) is 28.3. The Balaban J connectivity index is 1.32. The van der Waals surface area contributed by atoms with Crippen molar-refractivity contribution < 1.29 is 27.7 Å². The number of rotatable bonds is 7. The number of hydrogen-bond donors (Lipinski definition) is 0. The van der Waals surface area contributed by atoms with Crippen LogP contribution < -0.4 is 0 Å². The summed E-state index contributed by atoms with van der Waals surface area (Å²) in [6, 6.07) is 7.49. The number of carbonyl (C=O) groups excluding carboxylic acids is 1. The molecule has 1 saturated heterocycles. The highest BCUT2D eigenvalue weighted by molar-refractivity contribution is 6.38. The molecule has 0 N–H and O–H groups in total. The molecule has 1 amide bonds. The molecule has 5 nitrogen and oxygen atoms in total. The van der Waals surface area contributed by atoms with Crippen LogP contribution in [0.25, 0.3) is 10.9 Å². The smallest absolute Gasteiger partial charge is 0.347 e. The van der Waals surface area contributed by atoms with Crippen molar-refractivity contribution in [2.45, 2.75) is 51.8 Å². The maximum atomic E-state index is 13.4. The molecule has 2 fully saturated rings. The fraction of sp³-hybridized carbons (Fsp3) is 0.483. The van der Waals surface area contributed by atoms with Crippen LogP contribution in [0.1, 0.15) is 58.9 Å². The summed E-state index contributed by atoms with van der Waals surface area (Å²) in [7, 11) is 3.24. The Labute approximate surface area is 235 Å². The highest BCUT2D eigenvalue weighted by Crippen LogP contribution is 2.54. The molecule has 1 saturated carbocycles. The maximum absolute atomic E-state index is 13.4. The average Bonchev–Trinajstić information content (AvgIpc) is 3.12. The van der Waals surface area contributed by atoms with Crippen LogP contribution in [0.2, 0.25) is 10.0 Å². The lowest BCUT2D eigenvalue weighted by atomic mass is 9.56. The van der Waals surface area contributed by atoms with E-state index in [1.807, 2.05) is 17.9 Å². The average molecular weight is 583 g/mol. The molecule has 1 spiro atoms. The molecule has 0 bridgehead atoms. The van der Waals surface area contributed by atoms with E-state index in [4.69, 9.17) is 33.0 Å². The quantitative estimate of drug-likeness (QED) is 0.213. The highest BCUT2D eigenvalue weighted by Gasteiger charge is 2.53. The van der Waals surface area contributed by atoms with Gasteiger partial charge in [0.1, 0.15) is 0 Å². The topological polar surface area (TPSA) is 43.7 Å². The van der Waals surface area contributed by atoms with Crippen molar-refractivity contribution >= 4 is 40.0 Å². The van der Waals surface area contributed by atoms with Crippen LogP contribution >= 0.6 is 23.2 Å². The number of fused-ring (bicyclic) bond motifs is 1.